The Bertz CT molecular complexity index is 530. The Balaban J connectivity index is 2.41. The van der Waals surface area contributed by atoms with E-state index in [1.165, 1.54) is 0 Å². The second-order valence-corrected chi connectivity index (χ2v) is 3.67. The first-order chi connectivity index (χ1) is 8.74. The van der Waals surface area contributed by atoms with E-state index in [2.05, 4.69) is 4.98 Å². The average Bonchev–Trinajstić information content (AvgIpc) is 2.46. The monoisotopic (exact) mass is 243 g/mol. The zero-order valence-corrected chi connectivity index (χ0v) is 10.2. The van der Waals surface area contributed by atoms with Gasteiger partial charge in [-0.25, -0.2) is 0 Å². The first-order valence-electron chi connectivity index (χ1n) is 5.42. The molecular formula is C14H13NO3. The lowest BCUT2D eigenvalue weighted by Crippen LogP contribution is -2.02. The number of aromatic nitrogens is 1. The predicted molar refractivity (Wildman–Crippen MR) is 67.2 cm³/mol. The number of pyridine rings is 1. The van der Waals surface area contributed by atoms with E-state index in [0.717, 1.165) is 0 Å². The molecule has 0 spiro atoms. The van der Waals surface area contributed by atoms with Gasteiger partial charge in [-0.15, -0.1) is 0 Å². The van der Waals surface area contributed by atoms with Crippen LogP contribution >= 0.6 is 0 Å². The molecule has 2 rings (SSSR count). The van der Waals surface area contributed by atoms with E-state index in [1.54, 1.807) is 56.9 Å². The lowest BCUT2D eigenvalue weighted by atomic mass is 10.0. The molecule has 0 N–H and O–H groups in total. The molecule has 0 unspecified atom stereocenters. The van der Waals surface area contributed by atoms with Crippen molar-refractivity contribution in [2.45, 2.75) is 0 Å². The van der Waals surface area contributed by atoms with Gasteiger partial charge in [-0.1, -0.05) is 0 Å². The maximum atomic E-state index is 12.2. The van der Waals surface area contributed by atoms with Crippen LogP contribution in [0.4, 0.5) is 0 Å². The van der Waals surface area contributed by atoms with Crippen molar-refractivity contribution in [2.24, 2.45) is 0 Å². The molecule has 2 aromatic rings. The van der Waals surface area contributed by atoms with Gasteiger partial charge in [0.05, 0.1) is 14.2 Å². The number of carbonyl (C=O) groups excluding carboxylic acids is 1. The van der Waals surface area contributed by atoms with Gasteiger partial charge >= 0.3 is 0 Å². The predicted octanol–water partition coefficient (Wildman–Crippen LogP) is 2.33. The topological polar surface area (TPSA) is 48.4 Å². The fourth-order valence-electron chi connectivity index (χ4n) is 1.61. The molecule has 0 aliphatic carbocycles. The molecule has 0 bridgehead atoms. The summed E-state index contributed by atoms with van der Waals surface area (Å²) < 4.78 is 10.3. The first kappa shape index (κ1) is 12.1. The maximum absolute atomic E-state index is 12.2. The zero-order chi connectivity index (χ0) is 13.0. The molecule has 0 radical (unpaired) electrons. The Morgan fingerprint density at radius 2 is 1.50 bits per heavy atom. The van der Waals surface area contributed by atoms with Gasteiger partial charge in [0, 0.05) is 29.6 Å². The number of benzene rings is 1. The number of rotatable bonds is 4. The van der Waals surface area contributed by atoms with Crippen LogP contribution < -0.4 is 9.47 Å². The SMILES string of the molecule is COc1cc(OC)cc(C(=O)c2ccncc2)c1. The van der Waals surface area contributed by atoms with E-state index < -0.39 is 0 Å². The quantitative estimate of drug-likeness (QED) is 0.773. The van der Waals surface area contributed by atoms with Gasteiger partial charge in [-0.05, 0) is 24.3 Å². The van der Waals surface area contributed by atoms with Crippen LogP contribution in [0.5, 0.6) is 11.5 Å². The van der Waals surface area contributed by atoms with E-state index in [9.17, 15) is 4.79 Å². The molecule has 1 aromatic heterocycles. The second kappa shape index (κ2) is 5.31. The Hall–Kier alpha value is -2.36. The molecule has 0 aliphatic rings. The van der Waals surface area contributed by atoms with Gasteiger partial charge in [-0.2, -0.15) is 0 Å². The molecule has 0 amide bonds. The Kier molecular flexibility index (Phi) is 3.57. The van der Waals surface area contributed by atoms with Crippen molar-refractivity contribution in [1.29, 1.82) is 0 Å². The van der Waals surface area contributed by atoms with Crippen molar-refractivity contribution >= 4 is 5.78 Å². The smallest absolute Gasteiger partial charge is 0.193 e. The summed E-state index contributed by atoms with van der Waals surface area (Å²) in [4.78, 5) is 16.1. The number of ketones is 1. The van der Waals surface area contributed by atoms with Gasteiger partial charge in [0.2, 0.25) is 0 Å². The summed E-state index contributed by atoms with van der Waals surface area (Å²) in [5.74, 6) is 1.09. The summed E-state index contributed by atoms with van der Waals surface area (Å²) in [7, 11) is 3.10. The van der Waals surface area contributed by atoms with Gasteiger partial charge in [0.25, 0.3) is 0 Å². The van der Waals surface area contributed by atoms with Crippen LogP contribution in [0.3, 0.4) is 0 Å². The molecule has 0 saturated heterocycles. The summed E-state index contributed by atoms with van der Waals surface area (Å²) in [6.45, 7) is 0. The lowest BCUT2D eigenvalue weighted by Gasteiger charge is -2.07. The number of hydrogen-bond acceptors (Lipinski definition) is 4. The molecular weight excluding hydrogens is 230 g/mol. The number of nitrogens with zero attached hydrogens (tertiary/aromatic N) is 1. The van der Waals surface area contributed by atoms with Crippen LogP contribution in [0.2, 0.25) is 0 Å². The molecule has 0 saturated carbocycles. The van der Waals surface area contributed by atoms with Crippen molar-refractivity contribution in [3.8, 4) is 11.5 Å². The minimum Gasteiger partial charge on any atom is -0.497 e. The van der Waals surface area contributed by atoms with Crippen LogP contribution in [-0.4, -0.2) is 25.0 Å². The number of hydrogen-bond donors (Lipinski definition) is 0. The molecule has 0 atom stereocenters. The third kappa shape index (κ3) is 2.48. The maximum Gasteiger partial charge on any atom is 0.193 e. The molecule has 18 heavy (non-hydrogen) atoms. The van der Waals surface area contributed by atoms with Crippen molar-refractivity contribution in [3.63, 3.8) is 0 Å². The fourth-order valence-corrected chi connectivity index (χ4v) is 1.61. The first-order valence-corrected chi connectivity index (χ1v) is 5.42. The van der Waals surface area contributed by atoms with Gasteiger partial charge < -0.3 is 9.47 Å². The fraction of sp³-hybridized carbons (Fsp3) is 0.143. The largest absolute Gasteiger partial charge is 0.497 e. The summed E-state index contributed by atoms with van der Waals surface area (Å²) in [6, 6.07) is 8.45. The number of carbonyl (C=O) groups is 1. The third-order valence-electron chi connectivity index (χ3n) is 2.56. The molecule has 4 heteroatoms. The molecule has 1 aromatic carbocycles. The lowest BCUT2D eigenvalue weighted by molar-refractivity contribution is 0.103. The molecule has 0 aliphatic heterocycles. The molecule has 1 heterocycles. The zero-order valence-electron chi connectivity index (χ0n) is 10.2. The second-order valence-electron chi connectivity index (χ2n) is 3.67. The van der Waals surface area contributed by atoms with Crippen LogP contribution in [0, 0.1) is 0 Å². The summed E-state index contributed by atoms with van der Waals surface area (Å²) in [6.07, 6.45) is 3.18. The van der Waals surface area contributed by atoms with E-state index in [0.29, 0.717) is 22.6 Å². The average molecular weight is 243 g/mol. The van der Waals surface area contributed by atoms with Crippen LogP contribution in [-0.2, 0) is 0 Å². The normalized spacial score (nSPS) is 9.89. The van der Waals surface area contributed by atoms with Gasteiger partial charge in [0.1, 0.15) is 11.5 Å². The Morgan fingerprint density at radius 1 is 0.944 bits per heavy atom. The minimum atomic E-state index is -0.0883. The van der Waals surface area contributed by atoms with Gasteiger partial charge in [-0.3, -0.25) is 9.78 Å². The summed E-state index contributed by atoms with van der Waals surface area (Å²) in [5.41, 5.74) is 1.11. The number of ether oxygens (including phenoxy) is 2. The van der Waals surface area contributed by atoms with Crippen molar-refractivity contribution in [2.75, 3.05) is 14.2 Å². The highest BCUT2D eigenvalue weighted by Crippen LogP contribution is 2.24. The van der Waals surface area contributed by atoms with Crippen molar-refractivity contribution < 1.29 is 14.3 Å². The summed E-state index contributed by atoms with van der Waals surface area (Å²) in [5, 5.41) is 0. The van der Waals surface area contributed by atoms with E-state index in [4.69, 9.17) is 9.47 Å². The highest BCUT2D eigenvalue weighted by atomic mass is 16.5. The third-order valence-corrected chi connectivity index (χ3v) is 2.56. The summed E-state index contributed by atoms with van der Waals surface area (Å²) >= 11 is 0. The minimum absolute atomic E-state index is 0.0883. The van der Waals surface area contributed by atoms with Crippen molar-refractivity contribution in [3.05, 3.63) is 53.9 Å². The standard InChI is InChI=1S/C14H13NO3/c1-17-12-7-11(8-13(9-12)18-2)14(16)10-3-5-15-6-4-10/h3-9H,1-2H3. The van der Waals surface area contributed by atoms with E-state index in [-0.39, 0.29) is 5.78 Å². The molecule has 4 nitrogen and oxygen atoms in total. The van der Waals surface area contributed by atoms with E-state index >= 15 is 0 Å². The van der Waals surface area contributed by atoms with Gasteiger partial charge in [0.15, 0.2) is 5.78 Å². The molecule has 92 valence electrons. The van der Waals surface area contributed by atoms with Crippen LogP contribution in [0.1, 0.15) is 15.9 Å². The Morgan fingerprint density at radius 3 is 2.00 bits per heavy atom. The highest BCUT2D eigenvalue weighted by Gasteiger charge is 2.11. The van der Waals surface area contributed by atoms with Crippen LogP contribution in [0.25, 0.3) is 0 Å². The highest BCUT2D eigenvalue weighted by molar-refractivity contribution is 6.09. The van der Waals surface area contributed by atoms with E-state index in [1.807, 2.05) is 0 Å². The van der Waals surface area contributed by atoms with Crippen LogP contribution in [0.15, 0.2) is 42.7 Å². The van der Waals surface area contributed by atoms with Crippen molar-refractivity contribution in [1.82, 2.24) is 4.98 Å². The Labute approximate surface area is 105 Å². The molecule has 0 fully saturated rings. The number of methoxy groups -OCH3 is 2.